The van der Waals surface area contributed by atoms with Gasteiger partial charge < -0.3 is 10.5 Å². The lowest BCUT2D eigenvalue weighted by atomic mass is 10.4. The third-order valence-electron chi connectivity index (χ3n) is 0.758. The third-order valence-corrected chi connectivity index (χ3v) is 0.758. The molecule has 2 nitrogen and oxygen atoms in total. The number of hydrogen-bond donors (Lipinski definition) is 1. The molecule has 0 spiro atoms. The molecule has 11 heavy (non-hydrogen) atoms. The summed E-state index contributed by atoms with van der Waals surface area (Å²) in [5, 5.41) is 0. The first kappa shape index (κ1) is 12.6. The molecule has 0 atom stereocenters. The second kappa shape index (κ2) is 11.7. The Kier molecular flexibility index (Phi) is 13.5. The molecule has 0 aromatic heterocycles. The fraction of sp³-hybridized carbons (Fsp3) is 0.333. The first-order chi connectivity index (χ1) is 5.22. The van der Waals surface area contributed by atoms with Crippen molar-refractivity contribution in [1.29, 1.82) is 0 Å². The highest BCUT2D eigenvalue weighted by atomic mass is 16.4. The molecule has 2 N–H and O–H groups in total. The van der Waals surface area contributed by atoms with Gasteiger partial charge >= 0.3 is 0 Å². The van der Waals surface area contributed by atoms with Gasteiger partial charge in [0.25, 0.3) is 0 Å². The largest absolute Gasteiger partial charge is 0.399 e. The van der Waals surface area contributed by atoms with Crippen LogP contribution in [0.25, 0.3) is 0 Å². The van der Waals surface area contributed by atoms with Crippen LogP contribution in [0.3, 0.4) is 0 Å². The van der Waals surface area contributed by atoms with E-state index in [-0.39, 0.29) is 0 Å². The summed E-state index contributed by atoms with van der Waals surface area (Å²) < 4.78 is 4.25. The smallest absolute Gasteiger partial charge is 0.0351 e. The molecule has 0 aromatic rings. The van der Waals surface area contributed by atoms with Crippen molar-refractivity contribution in [2.75, 3.05) is 14.2 Å². The molecule has 0 amide bonds. The van der Waals surface area contributed by atoms with E-state index in [4.69, 9.17) is 5.73 Å². The van der Waals surface area contributed by atoms with Crippen molar-refractivity contribution in [3.05, 3.63) is 36.6 Å². The Morgan fingerprint density at radius 3 is 2.18 bits per heavy atom. The molecular formula is C9H17NO. The predicted octanol–water partition coefficient (Wildman–Crippen LogP) is 1.85. The summed E-state index contributed by atoms with van der Waals surface area (Å²) in [5.74, 6) is 0. The lowest BCUT2D eigenvalue weighted by Gasteiger charge is -1.83. The van der Waals surface area contributed by atoms with E-state index >= 15 is 0 Å². The molecule has 0 aliphatic carbocycles. The molecule has 2 heteroatoms. The van der Waals surface area contributed by atoms with Gasteiger partial charge in [-0.05, 0) is 13.0 Å². The fourth-order valence-electron chi connectivity index (χ4n) is 0.275. The maximum absolute atomic E-state index is 5.39. The molecule has 0 bridgehead atoms. The average molecular weight is 155 g/mol. The monoisotopic (exact) mass is 155 g/mol. The van der Waals surface area contributed by atoms with E-state index in [9.17, 15) is 0 Å². The van der Waals surface area contributed by atoms with Crippen LogP contribution in [0.1, 0.15) is 6.92 Å². The van der Waals surface area contributed by atoms with Gasteiger partial charge in [-0.25, -0.2) is 0 Å². The quantitative estimate of drug-likeness (QED) is 0.618. The molecule has 0 heterocycles. The summed E-state index contributed by atoms with van der Waals surface area (Å²) in [5.41, 5.74) is 6.15. The molecule has 0 aromatic carbocycles. The minimum absolute atomic E-state index is 0.768. The van der Waals surface area contributed by atoms with Crippen LogP contribution in [0.2, 0.25) is 0 Å². The van der Waals surface area contributed by atoms with E-state index in [1.54, 1.807) is 32.4 Å². The number of allylic oxidation sites excluding steroid dienone is 4. The van der Waals surface area contributed by atoms with Crippen molar-refractivity contribution >= 4 is 0 Å². The van der Waals surface area contributed by atoms with E-state index < -0.39 is 0 Å². The maximum atomic E-state index is 5.39. The van der Waals surface area contributed by atoms with E-state index in [1.165, 1.54) is 0 Å². The third kappa shape index (κ3) is 17.6. The van der Waals surface area contributed by atoms with Gasteiger partial charge in [0.2, 0.25) is 0 Å². The number of hydrogen-bond acceptors (Lipinski definition) is 2. The van der Waals surface area contributed by atoms with Crippen molar-refractivity contribution in [3.63, 3.8) is 0 Å². The molecule has 0 aliphatic heterocycles. The van der Waals surface area contributed by atoms with Gasteiger partial charge in [0.15, 0.2) is 0 Å². The molecule has 0 saturated carbocycles. The topological polar surface area (TPSA) is 35.2 Å². The summed E-state index contributed by atoms with van der Waals surface area (Å²) in [6.07, 6.45) is 7.12. The zero-order valence-electron chi connectivity index (χ0n) is 7.50. The van der Waals surface area contributed by atoms with Crippen LogP contribution in [0, 0.1) is 0 Å². The van der Waals surface area contributed by atoms with Crippen LogP contribution in [-0.4, -0.2) is 14.2 Å². The number of nitrogens with two attached hydrogens (primary N) is 1. The first-order valence-electron chi connectivity index (χ1n) is 3.33. The second-order valence-corrected chi connectivity index (χ2v) is 1.79. The minimum Gasteiger partial charge on any atom is -0.399 e. The lowest BCUT2D eigenvalue weighted by molar-refractivity contribution is 0.277. The van der Waals surface area contributed by atoms with Crippen molar-refractivity contribution in [2.24, 2.45) is 5.73 Å². The normalized spacial score (nSPS) is 10.6. The predicted molar refractivity (Wildman–Crippen MR) is 50.2 cm³/mol. The molecule has 64 valence electrons. The van der Waals surface area contributed by atoms with Gasteiger partial charge in [0.05, 0.1) is 0 Å². The molecule has 0 radical (unpaired) electrons. The number of methoxy groups -OCH3 is 1. The SMILES string of the molecule is C=C/C=C\C(N)=C/C.COC. The average Bonchev–Trinajstić information content (AvgIpc) is 2.02. The standard InChI is InChI=1S/C7H11N.C2H6O/c1-3-5-6-7(8)4-2;1-3-2/h3-6H,1,8H2,2H3;1-2H3/b6-5-,7-4+;. The Morgan fingerprint density at radius 2 is 1.91 bits per heavy atom. The molecule has 0 saturated heterocycles. The van der Waals surface area contributed by atoms with Crippen LogP contribution >= 0.6 is 0 Å². The Labute approximate surface area is 69.0 Å². The van der Waals surface area contributed by atoms with Gasteiger partial charge in [-0.3, -0.25) is 0 Å². The van der Waals surface area contributed by atoms with Crippen LogP contribution in [0.5, 0.6) is 0 Å². The Morgan fingerprint density at radius 1 is 1.45 bits per heavy atom. The summed E-state index contributed by atoms with van der Waals surface area (Å²) in [4.78, 5) is 0. The highest BCUT2D eigenvalue weighted by molar-refractivity contribution is 5.17. The van der Waals surface area contributed by atoms with Crippen LogP contribution in [-0.2, 0) is 4.74 Å². The second-order valence-electron chi connectivity index (χ2n) is 1.79. The van der Waals surface area contributed by atoms with Gasteiger partial charge in [0.1, 0.15) is 0 Å². The van der Waals surface area contributed by atoms with E-state index in [1.807, 2.05) is 13.0 Å². The number of rotatable bonds is 2. The first-order valence-corrected chi connectivity index (χ1v) is 3.33. The van der Waals surface area contributed by atoms with E-state index in [0.29, 0.717) is 0 Å². The summed E-state index contributed by atoms with van der Waals surface area (Å²) in [6, 6.07) is 0. The summed E-state index contributed by atoms with van der Waals surface area (Å²) >= 11 is 0. The van der Waals surface area contributed by atoms with Crippen molar-refractivity contribution in [2.45, 2.75) is 6.92 Å². The highest BCUT2D eigenvalue weighted by Gasteiger charge is 1.70. The number of ether oxygens (including phenoxy) is 1. The Balaban J connectivity index is 0. The van der Waals surface area contributed by atoms with E-state index in [0.717, 1.165) is 5.70 Å². The van der Waals surface area contributed by atoms with Crippen LogP contribution in [0.15, 0.2) is 36.6 Å². The molecule has 0 unspecified atom stereocenters. The van der Waals surface area contributed by atoms with Crippen molar-refractivity contribution < 1.29 is 4.74 Å². The molecule has 0 rings (SSSR count). The zero-order valence-corrected chi connectivity index (χ0v) is 7.50. The Hall–Kier alpha value is -1.02. The van der Waals surface area contributed by atoms with Crippen molar-refractivity contribution in [1.82, 2.24) is 0 Å². The van der Waals surface area contributed by atoms with Crippen LogP contribution in [0.4, 0.5) is 0 Å². The van der Waals surface area contributed by atoms with Gasteiger partial charge in [-0.15, -0.1) is 0 Å². The van der Waals surface area contributed by atoms with Crippen LogP contribution < -0.4 is 5.73 Å². The fourth-order valence-corrected chi connectivity index (χ4v) is 0.275. The van der Waals surface area contributed by atoms with Gasteiger partial charge in [-0.2, -0.15) is 0 Å². The molecule has 0 fully saturated rings. The lowest BCUT2D eigenvalue weighted by Crippen LogP contribution is -1.89. The Bertz CT molecular complexity index is 136. The summed E-state index contributed by atoms with van der Waals surface area (Å²) in [6.45, 7) is 5.39. The minimum atomic E-state index is 0.768. The van der Waals surface area contributed by atoms with Gasteiger partial charge in [-0.1, -0.05) is 24.8 Å². The molecular weight excluding hydrogens is 138 g/mol. The van der Waals surface area contributed by atoms with E-state index in [2.05, 4.69) is 11.3 Å². The van der Waals surface area contributed by atoms with Gasteiger partial charge in [0, 0.05) is 19.9 Å². The van der Waals surface area contributed by atoms with Crippen molar-refractivity contribution in [3.8, 4) is 0 Å². The molecule has 0 aliphatic rings. The zero-order chi connectivity index (χ0) is 9.11. The maximum Gasteiger partial charge on any atom is 0.0351 e. The highest BCUT2D eigenvalue weighted by Crippen LogP contribution is 1.84. The summed E-state index contributed by atoms with van der Waals surface area (Å²) in [7, 11) is 3.25.